The quantitative estimate of drug-likeness (QED) is 0.346. The number of aromatic amines is 1. The minimum atomic E-state index is -0.409. The lowest BCUT2D eigenvalue weighted by Gasteiger charge is -2.40. The molecule has 0 bridgehead atoms. The molecule has 206 valence electrons. The molecule has 5 rings (SSSR count). The highest BCUT2D eigenvalue weighted by Gasteiger charge is 2.35. The van der Waals surface area contributed by atoms with E-state index in [1.165, 1.54) is 0 Å². The van der Waals surface area contributed by atoms with E-state index in [1.54, 1.807) is 7.11 Å². The van der Waals surface area contributed by atoms with E-state index in [-0.39, 0.29) is 11.1 Å². The van der Waals surface area contributed by atoms with Crippen molar-refractivity contribution in [1.82, 2.24) is 30.1 Å². The molecule has 0 amide bonds. The predicted octanol–water partition coefficient (Wildman–Crippen LogP) is 3.98. The Balaban J connectivity index is 1.54. The Labute approximate surface area is 228 Å². The van der Waals surface area contributed by atoms with Gasteiger partial charge in [-0.15, -0.1) is 5.10 Å². The van der Waals surface area contributed by atoms with E-state index in [4.69, 9.17) is 9.47 Å². The van der Waals surface area contributed by atoms with Gasteiger partial charge in [0, 0.05) is 48.3 Å². The van der Waals surface area contributed by atoms with Gasteiger partial charge in [-0.05, 0) is 86.1 Å². The van der Waals surface area contributed by atoms with Gasteiger partial charge in [0.2, 0.25) is 0 Å². The molecule has 1 N–H and O–H groups in total. The summed E-state index contributed by atoms with van der Waals surface area (Å²) in [6.45, 7) is 12.0. The molecule has 0 radical (unpaired) electrons. The number of tetrazole rings is 1. The van der Waals surface area contributed by atoms with Crippen LogP contribution < -0.4 is 19.9 Å². The molecule has 0 saturated carbocycles. The summed E-state index contributed by atoms with van der Waals surface area (Å²) < 4.78 is 12.9. The fourth-order valence-electron chi connectivity index (χ4n) is 5.14. The van der Waals surface area contributed by atoms with Crippen molar-refractivity contribution in [2.75, 3.05) is 44.8 Å². The summed E-state index contributed by atoms with van der Waals surface area (Å²) in [4.78, 5) is 21.3. The minimum absolute atomic E-state index is 0.141. The average Bonchev–Trinajstić information content (AvgIpc) is 3.45. The number of methoxy groups -OCH3 is 1. The molecule has 1 aliphatic heterocycles. The van der Waals surface area contributed by atoms with Crippen molar-refractivity contribution in [1.29, 1.82) is 0 Å². The minimum Gasteiger partial charge on any atom is -0.497 e. The van der Waals surface area contributed by atoms with Crippen LogP contribution in [-0.2, 0) is 5.54 Å². The molecule has 1 saturated heterocycles. The number of anilines is 1. The van der Waals surface area contributed by atoms with Gasteiger partial charge in [0.05, 0.1) is 19.3 Å². The second-order valence-corrected chi connectivity index (χ2v) is 10.5. The number of H-pyrrole nitrogens is 1. The molecule has 39 heavy (non-hydrogen) atoms. The van der Waals surface area contributed by atoms with Crippen molar-refractivity contribution in [2.24, 2.45) is 0 Å². The Hall–Kier alpha value is -3.92. The van der Waals surface area contributed by atoms with Gasteiger partial charge in [-0.1, -0.05) is 6.92 Å². The molecule has 1 aliphatic rings. The van der Waals surface area contributed by atoms with Gasteiger partial charge in [-0.25, -0.2) is 4.68 Å². The number of ether oxygens (including phenoxy) is 2. The first-order valence-electron chi connectivity index (χ1n) is 13.6. The molecular weight excluding hydrogens is 494 g/mol. The first-order valence-corrected chi connectivity index (χ1v) is 13.6. The zero-order valence-electron chi connectivity index (χ0n) is 23.3. The summed E-state index contributed by atoms with van der Waals surface area (Å²) in [5.41, 5.74) is 2.09. The number of hydrogen-bond donors (Lipinski definition) is 1. The van der Waals surface area contributed by atoms with Crippen LogP contribution in [0.1, 0.15) is 51.5 Å². The molecular formula is C29H37N7O3. The summed E-state index contributed by atoms with van der Waals surface area (Å²) >= 11 is 0. The number of aromatic nitrogens is 5. The van der Waals surface area contributed by atoms with E-state index in [0.717, 1.165) is 60.7 Å². The van der Waals surface area contributed by atoms with Crippen LogP contribution in [0.25, 0.3) is 10.9 Å². The molecule has 1 atom stereocenters. The third-order valence-electron chi connectivity index (χ3n) is 7.74. The smallest absolute Gasteiger partial charge is 0.253 e. The number of nitrogens with zero attached hydrogens (tertiary/aromatic N) is 6. The Morgan fingerprint density at radius 2 is 1.72 bits per heavy atom. The summed E-state index contributed by atoms with van der Waals surface area (Å²) in [7, 11) is 1.67. The highest BCUT2D eigenvalue weighted by atomic mass is 16.5. The maximum atomic E-state index is 13.6. The Kier molecular flexibility index (Phi) is 7.56. The third kappa shape index (κ3) is 5.34. The molecule has 1 fully saturated rings. The van der Waals surface area contributed by atoms with E-state index in [2.05, 4.69) is 63.2 Å². The summed E-state index contributed by atoms with van der Waals surface area (Å²) in [6.07, 6.45) is 0.842. The van der Waals surface area contributed by atoms with Gasteiger partial charge < -0.3 is 19.4 Å². The lowest BCUT2D eigenvalue weighted by atomic mass is 9.98. The molecule has 2 aromatic carbocycles. The number of hydrogen-bond acceptors (Lipinski definition) is 8. The van der Waals surface area contributed by atoms with Crippen molar-refractivity contribution in [3.8, 4) is 11.5 Å². The van der Waals surface area contributed by atoms with Crippen LogP contribution in [0.15, 0.2) is 53.3 Å². The largest absolute Gasteiger partial charge is 0.497 e. The Morgan fingerprint density at radius 3 is 2.38 bits per heavy atom. The summed E-state index contributed by atoms with van der Waals surface area (Å²) in [5, 5.41) is 13.9. The van der Waals surface area contributed by atoms with Gasteiger partial charge >= 0.3 is 0 Å². The standard InChI is InChI=1S/C29H37N7O3/c1-6-29(3,4)36-27(31-32-33-36)26(24-19-20-18-23(39-7-2)12-13-25(20)30-28(24)37)35-16-14-34(15-17-35)21-8-10-22(38-5)11-9-21/h8-13,18-19,26H,6-7,14-17H2,1-5H3,(H,30,37)/t26-/m1/s1. The number of nitrogens with one attached hydrogen (secondary N) is 1. The van der Waals surface area contributed by atoms with Crippen LogP contribution in [0.2, 0.25) is 0 Å². The Bertz CT molecular complexity index is 1470. The average molecular weight is 532 g/mol. The van der Waals surface area contributed by atoms with Crippen molar-refractivity contribution in [3.63, 3.8) is 0 Å². The van der Waals surface area contributed by atoms with Gasteiger partial charge in [0.15, 0.2) is 5.82 Å². The van der Waals surface area contributed by atoms with E-state index < -0.39 is 6.04 Å². The highest BCUT2D eigenvalue weighted by Crippen LogP contribution is 2.32. The van der Waals surface area contributed by atoms with Crippen molar-refractivity contribution >= 4 is 16.6 Å². The lowest BCUT2D eigenvalue weighted by Crippen LogP contribution is -2.49. The van der Waals surface area contributed by atoms with Crippen LogP contribution in [-0.4, -0.2) is 70.0 Å². The van der Waals surface area contributed by atoms with Crippen LogP contribution in [0.5, 0.6) is 11.5 Å². The first kappa shape index (κ1) is 26.7. The van der Waals surface area contributed by atoms with Gasteiger partial charge in [-0.2, -0.15) is 0 Å². The molecule has 0 unspecified atom stereocenters. The van der Waals surface area contributed by atoms with Crippen LogP contribution >= 0.6 is 0 Å². The second kappa shape index (κ2) is 11.1. The number of piperazine rings is 1. The second-order valence-electron chi connectivity index (χ2n) is 10.5. The molecule has 0 spiro atoms. The van der Waals surface area contributed by atoms with Crippen molar-refractivity contribution in [2.45, 2.75) is 45.7 Å². The maximum Gasteiger partial charge on any atom is 0.253 e. The topological polar surface area (TPSA) is 101 Å². The van der Waals surface area contributed by atoms with Crippen molar-refractivity contribution < 1.29 is 9.47 Å². The number of benzene rings is 2. The SMILES string of the molecule is CCOc1ccc2[nH]c(=O)c([C@H](c3nnnn3C(C)(C)CC)N3CCN(c4ccc(OC)cc4)CC3)cc2c1. The summed E-state index contributed by atoms with van der Waals surface area (Å²) in [5.74, 6) is 2.28. The fourth-order valence-corrected chi connectivity index (χ4v) is 5.14. The van der Waals surface area contributed by atoms with Crippen molar-refractivity contribution in [3.05, 3.63) is 70.3 Å². The number of pyridine rings is 1. The van der Waals surface area contributed by atoms with E-state index in [9.17, 15) is 4.79 Å². The highest BCUT2D eigenvalue weighted by molar-refractivity contribution is 5.80. The van der Waals surface area contributed by atoms with E-state index >= 15 is 0 Å². The number of rotatable bonds is 9. The molecule has 10 heteroatoms. The first-order chi connectivity index (χ1) is 18.8. The van der Waals surface area contributed by atoms with E-state index in [1.807, 2.05) is 48.0 Å². The molecule has 0 aliphatic carbocycles. The van der Waals surface area contributed by atoms with E-state index in [0.29, 0.717) is 18.0 Å². The molecule has 4 aromatic rings. The maximum absolute atomic E-state index is 13.6. The summed E-state index contributed by atoms with van der Waals surface area (Å²) in [6, 6.07) is 15.4. The van der Waals surface area contributed by atoms with Crippen LogP contribution in [0.3, 0.4) is 0 Å². The van der Waals surface area contributed by atoms with Crippen LogP contribution in [0, 0.1) is 0 Å². The van der Waals surface area contributed by atoms with Gasteiger partial charge in [-0.3, -0.25) is 9.69 Å². The molecule has 3 heterocycles. The lowest BCUT2D eigenvalue weighted by molar-refractivity contribution is 0.186. The third-order valence-corrected chi connectivity index (χ3v) is 7.74. The fraction of sp³-hybridized carbons (Fsp3) is 0.448. The normalized spacial score (nSPS) is 15.5. The monoisotopic (exact) mass is 531 g/mol. The number of fused-ring (bicyclic) bond motifs is 1. The van der Waals surface area contributed by atoms with Crippen LogP contribution in [0.4, 0.5) is 5.69 Å². The zero-order valence-corrected chi connectivity index (χ0v) is 23.3. The van der Waals surface area contributed by atoms with Gasteiger partial charge in [0.25, 0.3) is 5.56 Å². The molecule has 10 nitrogen and oxygen atoms in total. The predicted molar refractivity (Wildman–Crippen MR) is 152 cm³/mol. The zero-order chi connectivity index (χ0) is 27.6. The Morgan fingerprint density at radius 1 is 1.00 bits per heavy atom. The van der Waals surface area contributed by atoms with Gasteiger partial charge in [0.1, 0.15) is 17.5 Å². The molecule has 2 aromatic heterocycles.